The van der Waals surface area contributed by atoms with E-state index in [1.165, 1.54) is 42.0 Å². The van der Waals surface area contributed by atoms with Crippen molar-refractivity contribution in [3.63, 3.8) is 0 Å². The smallest absolute Gasteiger partial charge is 0.183 e. The molecule has 1 aromatic rings. The van der Waals surface area contributed by atoms with E-state index in [0.717, 1.165) is 18.1 Å². The monoisotopic (exact) mass is 236 g/mol. The lowest BCUT2D eigenvalue weighted by molar-refractivity contribution is 0.685. The molecule has 0 aromatic carbocycles. The maximum absolute atomic E-state index is 4.59. The van der Waals surface area contributed by atoms with Crippen LogP contribution in [-0.2, 0) is 0 Å². The van der Waals surface area contributed by atoms with Crippen LogP contribution in [-0.4, -0.2) is 11.5 Å². The van der Waals surface area contributed by atoms with Crippen molar-refractivity contribution in [2.75, 3.05) is 11.9 Å². The number of hydrogen-bond acceptors (Lipinski definition) is 3. The molecule has 0 amide bonds. The van der Waals surface area contributed by atoms with Crippen LogP contribution in [0.2, 0.25) is 0 Å². The Bertz CT molecular complexity index is 400. The zero-order valence-corrected chi connectivity index (χ0v) is 10.8. The van der Waals surface area contributed by atoms with E-state index in [9.17, 15) is 0 Å². The molecule has 3 heteroatoms. The largest absolute Gasteiger partial charge is 0.361 e. The van der Waals surface area contributed by atoms with E-state index in [2.05, 4.69) is 29.4 Å². The van der Waals surface area contributed by atoms with Crippen molar-refractivity contribution in [1.29, 1.82) is 0 Å². The highest BCUT2D eigenvalue weighted by Crippen LogP contribution is 2.07. The summed E-state index contributed by atoms with van der Waals surface area (Å²) in [5.41, 5.74) is 0. The van der Waals surface area contributed by atoms with Crippen LogP contribution in [0.15, 0.2) is 0 Å². The van der Waals surface area contributed by atoms with Gasteiger partial charge in [-0.3, -0.25) is 0 Å². The predicted octanol–water partition coefficient (Wildman–Crippen LogP) is 2.49. The number of nitrogens with zero attached hydrogens (tertiary/aromatic N) is 1. The van der Waals surface area contributed by atoms with Crippen molar-refractivity contribution >= 4 is 28.6 Å². The van der Waals surface area contributed by atoms with E-state index in [4.69, 9.17) is 0 Å². The predicted molar refractivity (Wildman–Crippen MR) is 72.2 cm³/mol. The van der Waals surface area contributed by atoms with E-state index in [0.29, 0.717) is 0 Å². The lowest BCUT2D eigenvalue weighted by Gasteiger charge is -2.00. The normalized spacial score (nSPS) is 13.8. The quantitative estimate of drug-likeness (QED) is 0.768. The van der Waals surface area contributed by atoms with E-state index < -0.39 is 0 Å². The van der Waals surface area contributed by atoms with Crippen molar-refractivity contribution < 1.29 is 0 Å². The van der Waals surface area contributed by atoms with Gasteiger partial charge in [-0.05, 0) is 19.3 Å². The Kier molecular flexibility index (Phi) is 4.40. The summed E-state index contributed by atoms with van der Waals surface area (Å²) in [6, 6.07) is 0. The molecule has 0 atom stereocenters. The fraction of sp³-hybridized carbons (Fsp3) is 0.615. The van der Waals surface area contributed by atoms with Gasteiger partial charge in [0.15, 0.2) is 5.13 Å². The van der Waals surface area contributed by atoms with Crippen LogP contribution >= 0.6 is 11.3 Å². The average Bonchev–Trinajstić information content (AvgIpc) is 2.71. The lowest BCUT2D eigenvalue weighted by atomic mass is 10.2. The summed E-state index contributed by atoms with van der Waals surface area (Å²) in [6.45, 7) is 3.31. The molecule has 0 saturated heterocycles. The summed E-state index contributed by atoms with van der Waals surface area (Å²) >= 11 is 1.79. The molecule has 88 valence electrons. The van der Waals surface area contributed by atoms with E-state index in [1.54, 1.807) is 11.3 Å². The van der Waals surface area contributed by atoms with E-state index in [-0.39, 0.29) is 0 Å². The van der Waals surface area contributed by atoms with Crippen molar-refractivity contribution in [3.8, 4) is 0 Å². The van der Waals surface area contributed by atoms with Crippen molar-refractivity contribution in [3.05, 3.63) is 9.88 Å². The molecule has 0 aliphatic heterocycles. The van der Waals surface area contributed by atoms with Crippen LogP contribution in [0.4, 0.5) is 5.13 Å². The van der Waals surface area contributed by atoms with Gasteiger partial charge in [-0.15, -0.1) is 0 Å². The summed E-state index contributed by atoms with van der Waals surface area (Å²) in [4.78, 5) is 4.59. The number of fused-ring (bicyclic) bond motifs is 1. The Morgan fingerprint density at radius 3 is 2.94 bits per heavy atom. The maximum atomic E-state index is 4.59. The molecular formula is C13H20N2S. The SMILES string of the molecule is CCCCCCNc1nc2c(s1)=CCCC=2. The van der Waals surface area contributed by atoms with Crippen LogP contribution in [0.3, 0.4) is 0 Å². The van der Waals surface area contributed by atoms with E-state index in [1.807, 2.05) is 0 Å². The molecule has 0 spiro atoms. The lowest BCUT2D eigenvalue weighted by Crippen LogP contribution is -2.22. The number of rotatable bonds is 6. The third kappa shape index (κ3) is 3.08. The Hall–Kier alpha value is -0.830. The molecule has 0 saturated carbocycles. The third-order valence-electron chi connectivity index (χ3n) is 2.82. The molecule has 1 N–H and O–H groups in total. The van der Waals surface area contributed by atoms with Crippen LogP contribution in [0.1, 0.15) is 45.4 Å². The van der Waals surface area contributed by atoms with Gasteiger partial charge in [0.05, 0.1) is 9.88 Å². The Morgan fingerprint density at radius 2 is 2.12 bits per heavy atom. The molecule has 2 nitrogen and oxygen atoms in total. The standard InChI is InChI=1S/C13H20N2S/c1-2-3-4-7-10-14-13-15-11-8-5-6-9-12(11)16-13/h8-9H,2-7,10H2,1H3,(H,14,15). The first kappa shape index (κ1) is 11.6. The summed E-state index contributed by atoms with van der Waals surface area (Å²) in [5.74, 6) is 0. The summed E-state index contributed by atoms with van der Waals surface area (Å²) < 4.78 is 1.35. The topological polar surface area (TPSA) is 24.9 Å². The van der Waals surface area contributed by atoms with Crippen molar-refractivity contribution in [1.82, 2.24) is 4.98 Å². The van der Waals surface area contributed by atoms with Crippen molar-refractivity contribution in [2.24, 2.45) is 0 Å². The minimum atomic E-state index is 1.06. The molecular weight excluding hydrogens is 216 g/mol. The number of thiazole rings is 1. The Morgan fingerprint density at radius 1 is 1.25 bits per heavy atom. The second kappa shape index (κ2) is 6.04. The first-order valence-electron chi connectivity index (χ1n) is 6.31. The molecule has 1 heterocycles. The third-order valence-corrected chi connectivity index (χ3v) is 3.85. The second-order valence-electron chi connectivity index (χ2n) is 4.24. The fourth-order valence-electron chi connectivity index (χ4n) is 1.89. The number of nitrogens with one attached hydrogen (secondary N) is 1. The number of hydrogen-bond donors (Lipinski definition) is 1. The van der Waals surface area contributed by atoms with Crippen LogP contribution in [0, 0.1) is 0 Å². The average molecular weight is 236 g/mol. The van der Waals surface area contributed by atoms with Crippen LogP contribution in [0.25, 0.3) is 12.2 Å². The molecule has 0 bridgehead atoms. The molecule has 0 radical (unpaired) electrons. The molecule has 1 aromatic heterocycles. The minimum Gasteiger partial charge on any atom is -0.361 e. The zero-order chi connectivity index (χ0) is 11.2. The highest BCUT2D eigenvalue weighted by atomic mass is 32.1. The summed E-state index contributed by atoms with van der Waals surface area (Å²) in [6.07, 6.45) is 12.1. The van der Waals surface area contributed by atoms with E-state index >= 15 is 0 Å². The molecule has 0 fully saturated rings. The first-order valence-corrected chi connectivity index (χ1v) is 7.13. The van der Waals surface area contributed by atoms with Crippen LogP contribution < -0.4 is 15.2 Å². The van der Waals surface area contributed by atoms with Gasteiger partial charge in [0.1, 0.15) is 0 Å². The Balaban J connectivity index is 1.84. The zero-order valence-electron chi connectivity index (χ0n) is 9.96. The number of anilines is 1. The first-order chi connectivity index (χ1) is 7.90. The van der Waals surface area contributed by atoms with Gasteiger partial charge < -0.3 is 5.32 Å². The minimum absolute atomic E-state index is 1.06. The maximum Gasteiger partial charge on any atom is 0.183 e. The number of unbranched alkanes of at least 4 members (excludes halogenated alkanes) is 3. The van der Waals surface area contributed by atoms with Gasteiger partial charge in [-0.25, -0.2) is 4.98 Å². The summed E-state index contributed by atoms with van der Waals surface area (Å²) in [7, 11) is 0. The van der Waals surface area contributed by atoms with Gasteiger partial charge in [0.25, 0.3) is 0 Å². The fourth-order valence-corrected chi connectivity index (χ4v) is 2.85. The highest BCUT2D eigenvalue weighted by molar-refractivity contribution is 7.13. The molecule has 2 rings (SSSR count). The Labute approximate surface area is 101 Å². The van der Waals surface area contributed by atoms with Gasteiger partial charge >= 0.3 is 0 Å². The molecule has 16 heavy (non-hydrogen) atoms. The van der Waals surface area contributed by atoms with Gasteiger partial charge in [0, 0.05) is 6.54 Å². The number of aromatic nitrogens is 1. The van der Waals surface area contributed by atoms with Gasteiger partial charge in [-0.2, -0.15) is 0 Å². The molecule has 1 aliphatic rings. The van der Waals surface area contributed by atoms with Crippen LogP contribution in [0.5, 0.6) is 0 Å². The van der Waals surface area contributed by atoms with Gasteiger partial charge in [0.2, 0.25) is 0 Å². The molecule has 1 aliphatic carbocycles. The van der Waals surface area contributed by atoms with Gasteiger partial charge in [-0.1, -0.05) is 49.7 Å². The second-order valence-corrected chi connectivity index (χ2v) is 5.27. The van der Waals surface area contributed by atoms with Crippen molar-refractivity contribution in [2.45, 2.75) is 45.4 Å². The molecule has 0 unspecified atom stereocenters. The highest BCUT2D eigenvalue weighted by Gasteiger charge is 2.01. The summed E-state index contributed by atoms with van der Waals surface area (Å²) in [5, 5.41) is 5.71.